The zero-order valence-corrected chi connectivity index (χ0v) is 48.6. The number of esters is 3. The first kappa shape index (κ1) is 70.3. The van der Waals surface area contributed by atoms with Crippen molar-refractivity contribution >= 4 is 17.9 Å². The molecule has 0 aliphatic heterocycles. The largest absolute Gasteiger partial charge is 0.462 e. The van der Waals surface area contributed by atoms with Crippen LogP contribution in [-0.2, 0) is 28.6 Å². The van der Waals surface area contributed by atoms with Crippen LogP contribution in [0, 0.1) is 0 Å². The van der Waals surface area contributed by atoms with E-state index in [9.17, 15) is 14.4 Å². The van der Waals surface area contributed by atoms with E-state index < -0.39 is 6.10 Å². The Bertz CT molecular complexity index is 1460. The van der Waals surface area contributed by atoms with Gasteiger partial charge in [-0.05, 0) is 96.3 Å². The molecule has 0 radical (unpaired) electrons. The van der Waals surface area contributed by atoms with Gasteiger partial charge in [-0.15, -0.1) is 0 Å². The molecule has 0 aromatic heterocycles. The molecule has 0 spiro atoms. The lowest BCUT2D eigenvalue weighted by atomic mass is 10.0. The summed E-state index contributed by atoms with van der Waals surface area (Å²) in [5.41, 5.74) is 0. The van der Waals surface area contributed by atoms with E-state index in [1.54, 1.807) is 0 Å². The van der Waals surface area contributed by atoms with E-state index in [-0.39, 0.29) is 31.1 Å². The van der Waals surface area contributed by atoms with Crippen molar-refractivity contribution in [3.63, 3.8) is 0 Å². The van der Waals surface area contributed by atoms with Gasteiger partial charge in [0.2, 0.25) is 0 Å². The Balaban J connectivity index is 4.20. The van der Waals surface area contributed by atoms with Gasteiger partial charge in [-0.25, -0.2) is 0 Å². The highest BCUT2D eigenvalue weighted by atomic mass is 16.6. The molecule has 6 heteroatoms. The summed E-state index contributed by atoms with van der Waals surface area (Å²) >= 11 is 0. The Labute approximate surface area is 457 Å². The molecule has 424 valence electrons. The average Bonchev–Trinajstić information content (AvgIpc) is 3.40. The number of carbonyl (C=O) groups excluding carboxylic acids is 3. The molecule has 1 atom stereocenters. The van der Waals surface area contributed by atoms with Gasteiger partial charge in [0.1, 0.15) is 13.2 Å². The molecule has 0 aliphatic carbocycles. The van der Waals surface area contributed by atoms with Crippen molar-refractivity contribution in [2.45, 2.75) is 303 Å². The van der Waals surface area contributed by atoms with Crippen molar-refractivity contribution in [1.29, 1.82) is 0 Å². The second-order valence-corrected chi connectivity index (χ2v) is 20.6. The van der Waals surface area contributed by atoms with Crippen LogP contribution in [0.3, 0.4) is 0 Å². The summed E-state index contributed by atoms with van der Waals surface area (Å²) in [6, 6.07) is 0. The molecule has 0 fully saturated rings. The Hall–Kier alpha value is -3.67. The zero-order chi connectivity index (χ0) is 53.6. The quantitative estimate of drug-likeness (QED) is 0.0261. The predicted molar refractivity (Wildman–Crippen MR) is 320 cm³/mol. The van der Waals surface area contributed by atoms with Crippen LogP contribution < -0.4 is 0 Å². The van der Waals surface area contributed by atoms with Crippen LogP contribution in [0.5, 0.6) is 0 Å². The van der Waals surface area contributed by atoms with E-state index >= 15 is 0 Å². The minimum Gasteiger partial charge on any atom is -0.462 e. The Morgan fingerprint density at radius 3 is 0.824 bits per heavy atom. The van der Waals surface area contributed by atoms with Gasteiger partial charge >= 0.3 is 17.9 Å². The number of allylic oxidation sites excluding steroid dienone is 16. The van der Waals surface area contributed by atoms with Crippen LogP contribution in [0.4, 0.5) is 0 Å². The van der Waals surface area contributed by atoms with Crippen LogP contribution in [-0.4, -0.2) is 37.2 Å². The fourth-order valence-electron chi connectivity index (χ4n) is 8.72. The van der Waals surface area contributed by atoms with Crippen molar-refractivity contribution in [3.8, 4) is 0 Å². The summed E-state index contributed by atoms with van der Waals surface area (Å²) < 4.78 is 16.9. The monoisotopic (exact) mass is 1030 g/mol. The van der Waals surface area contributed by atoms with Gasteiger partial charge in [0.15, 0.2) is 6.10 Å². The van der Waals surface area contributed by atoms with Crippen molar-refractivity contribution in [3.05, 3.63) is 97.2 Å². The summed E-state index contributed by atoms with van der Waals surface area (Å²) in [6.07, 6.45) is 82.8. The highest BCUT2D eigenvalue weighted by molar-refractivity contribution is 5.71. The summed E-state index contributed by atoms with van der Waals surface area (Å²) in [4.78, 5) is 38.2. The molecule has 0 bridgehead atoms. The first-order valence-electron chi connectivity index (χ1n) is 31.2. The minimum absolute atomic E-state index is 0.0842. The van der Waals surface area contributed by atoms with E-state index in [1.807, 2.05) is 0 Å². The molecular weight excluding hydrogens is 913 g/mol. The Morgan fingerprint density at radius 2 is 0.527 bits per heavy atom. The van der Waals surface area contributed by atoms with Gasteiger partial charge in [-0.2, -0.15) is 0 Å². The van der Waals surface area contributed by atoms with Crippen LogP contribution in [0.2, 0.25) is 0 Å². The number of carbonyl (C=O) groups is 3. The van der Waals surface area contributed by atoms with Crippen molar-refractivity contribution in [2.75, 3.05) is 13.2 Å². The molecule has 0 saturated carbocycles. The van der Waals surface area contributed by atoms with E-state index in [0.717, 1.165) is 122 Å². The third-order valence-electron chi connectivity index (χ3n) is 13.3. The summed E-state index contributed by atoms with van der Waals surface area (Å²) in [6.45, 7) is 6.40. The number of hydrogen-bond acceptors (Lipinski definition) is 6. The molecule has 74 heavy (non-hydrogen) atoms. The van der Waals surface area contributed by atoms with Gasteiger partial charge in [0, 0.05) is 19.3 Å². The zero-order valence-electron chi connectivity index (χ0n) is 48.6. The number of hydrogen-bond donors (Lipinski definition) is 0. The standard InChI is InChI=1S/C68H116O6/c1-4-7-10-13-16-19-22-24-26-28-29-30-31-32-33-34-35-36-37-38-39-41-42-44-46-49-52-55-58-61-67(70)73-64-65(63-72-66(69)60-57-54-51-48-21-18-15-12-9-6-3)74-68(71)62-59-56-53-50-47-45-43-40-27-25-23-20-17-14-11-8-5-2/h7-8,10-11,16-17,19-20,24-27,29-30,43,45,65H,4-6,9,12-15,18,21-23,28,31-42,44,46-64H2,1-3H3/b10-7-,11-8-,19-16-,20-17-,26-24-,27-25-,30-29-,45-43-. The molecular formula is C68H116O6. The van der Waals surface area contributed by atoms with Crippen LogP contribution >= 0.6 is 0 Å². The van der Waals surface area contributed by atoms with Crippen LogP contribution in [0.15, 0.2) is 97.2 Å². The summed E-state index contributed by atoms with van der Waals surface area (Å²) in [7, 11) is 0. The van der Waals surface area contributed by atoms with E-state index in [0.29, 0.717) is 19.3 Å². The topological polar surface area (TPSA) is 78.9 Å². The normalized spacial score (nSPS) is 12.7. The maximum Gasteiger partial charge on any atom is 0.306 e. The maximum absolute atomic E-state index is 12.9. The molecule has 1 unspecified atom stereocenters. The third-order valence-corrected chi connectivity index (χ3v) is 13.3. The molecule has 6 nitrogen and oxygen atoms in total. The van der Waals surface area contributed by atoms with E-state index in [2.05, 4.69) is 118 Å². The lowest BCUT2D eigenvalue weighted by Crippen LogP contribution is -2.30. The van der Waals surface area contributed by atoms with Gasteiger partial charge in [0.25, 0.3) is 0 Å². The molecule has 0 saturated heterocycles. The van der Waals surface area contributed by atoms with Gasteiger partial charge in [0.05, 0.1) is 0 Å². The summed E-state index contributed by atoms with van der Waals surface area (Å²) in [5, 5.41) is 0. The first-order valence-corrected chi connectivity index (χ1v) is 31.2. The second-order valence-electron chi connectivity index (χ2n) is 20.6. The fourth-order valence-corrected chi connectivity index (χ4v) is 8.72. The minimum atomic E-state index is -0.788. The highest BCUT2D eigenvalue weighted by Gasteiger charge is 2.19. The average molecular weight is 1030 g/mol. The predicted octanol–water partition coefficient (Wildman–Crippen LogP) is 21.3. The third kappa shape index (κ3) is 59.2. The van der Waals surface area contributed by atoms with E-state index in [1.165, 1.54) is 135 Å². The molecule has 0 aliphatic rings. The van der Waals surface area contributed by atoms with Crippen LogP contribution in [0.25, 0.3) is 0 Å². The highest BCUT2D eigenvalue weighted by Crippen LogP contribution is 2.16. The Kier molecular flexibility index (Phi) is 58.8. The van der Waals surface area contributed by atoms with E-state index in [4.69, 9.17) is 14.2 Å². The number of rotatable bonds is 56. The molecule has 0 aromatic rings. The number of ether oxygens (including phenoxy) is 3. The van der Waals surface area contributed by atoms with Crippen molar-refractivity contribution in [2.24, 2.45) is 0 Å². The molecule has 0 rings (SSSR count). The fraction of sp³-hybridized carbons (Fsp3) is 0.721. The summed E-state index contributed by atoms with van der Waals surface area (Å²) in [5.74, 6) is -0.901. The smallest absolute Gasteiger partial charge is 0.306 e. The SMILES string of the molecule is CC/C=C\C/C=C\C/C=C\C/C=C\CCCCCCCCCCCCCCCCCCC(=O)OCC(COC(=O)CCCCCCCCCCCC)OC(=O)CCCCCC/C=C\C/C=C\C/C=C\C/C=C\CC. The first-order chi connectivity index (χ1) is 36.5. The lowest BCUT2D eigenvalue weighted by molar-refractivity contribution is -0.167. The van der Waals surface area contributed by atoms with Crippen molar-refractivity contribution in [1.82, 2.24) is 0 Å². The van der Waals surface area contributed by atoms with Gasteiger partial charge in [-0.3, -0.25) is 14.4 Å². The molecule has 0 aromatic carbocycles. The number of unbranched alkanes of at least 4 members (excludes halogenated alkanes) is 29. The second kappa shape index (κ2) is 61.9. The van der Waals surface area contributed by atoms with Crippen molar-refractivity contribution < 1.29 is 28.6 Å². The Morgan fingerprint density at radius 1 is 0.284 bits per heavy atom. The molecule has 0 heterocycles. The maximum atomic E-state index is 12.9. The molecule has 0 amide bonds. The lowest BCUT2D eigenvalue weighted by Gasteiger charge is -2.18. The van der Waals surface area contributed by atoms with Gasteiger partial charge in [-0.1, -0.05) is 279 Å². The van der Waals surface area contributed by atoms with Crippen LogP contribution in [0.1, 0.15) is 297 Å². The molecule has 0 N–H and O–H groups in total. The van der Waals surface area contributed by atoms with Gasteiger partial charge < -0.3 is 14.2 Å².